The second kappa shape index (κ2) is 4.91. The van der Waals surface area contributed by atoms with Crippen molar-refractivity contribution in [2.45, 2.75) is 37.9 Å². The molecule has 4 atom stereocenters. The third-order valence-corrected chi connectivity index (χ3v) is 2.60. The second-order valence-corrected chi connectivity index (χ2v) is 3.33. The van der Waals surface area contributed by atoms with E-state index in [9.17, 15) is 0 Å². The van der Waals surface area contributed by atoms with Crippen LogP contribution in [0.1, 0.15) is 13.3 Å². The number of methoxy groups -OCH3 is 2. The average molecular weight is 189 g/mol. The first-order chi connectivity index (χ1) is 6.22. The first-order valence-corrected chi connectivity index (χ1v) is 4.61. The molecule has 0 spiro atoms. The maximum absolute atomic E-state index is 5.61. The third kappa shape index (κ3) is 2.40. The van der Waals surface area contributed by atoms with Gasteiger partial charge in [-0.05, 0) is 14.0 Å². The van der Waals surface area contributed by atoms with Crippen molar-refractivity contribution < 1.29 is 14.2 Å². The lowest BCUT2D eigenvalue weighted by atomic mass is 9.99. The fraction of sp³-hybridized carbons (Fsp3) is 1.00. The van der Waals surface area contributed by atoms with Crippen molar-refractivity contribution in [3.8, 4) is 0 Å². The molecule has 1 N–H and O–H groups in total. The van der Waals surface area contributed by atoms with E-state index in [0.29, 0.717) is 0 Å². The van der Waals surface area contributed by atoms with Gasteiger partial charge in [0.2, 0.25) is 0 Å². The number of ether oxygens (including phenoxy) is 3. The van der Waals surface area contributed by atoms with Gasteiger partial charge in [0.1, 0.15) is 0 Å². The predicted octanol–water partition coefficient (Wildman–Crippen LogP) is 0.371. The van der Waals surface area contributed by atoms with Crippen molar-refractivity contribution in [3.05, 3.63) is 0 Å². The van der Waals surface area contributed by atoms with E-state index in [-0.39, 0.29) is 24.5 Å². The summed E-state index contributed by atoms with van der Waals surface area (Å²) in [6.45, 7) is 2.03. The molecule has 1 fully saturated rings. The Balaban J connectivity index is 2.57. The monoisotopic (exact) mass is 189 g/mol. The second-order valence-electron chi connectivity index (χ2n) is 3.33. The average Bonchev–Trinajstić information content (AvgIpc) is 2.16. The van der Waals surface area contributed by atoms with Crippen LogP contribution in [0.5, 0.6) is 0 Å². The van der Waals surface area contributed by atoms with Crippen LogP contribution in [0, 0.1) is 0 Å². The topological polar surface area (TPSA) is 39.7 Å². The van der Waals surface area contributed by atoms with Gasteiger partial charge in [-0.1, -0.05) is 0 Å². The lowest BCUT2D eigenvalue weighted by Gasteiger charge is -2.39. The summed E-state index contributed by atoms with van der Waals surface area (Å²) in [6.07, 6.45) is 0.931. The van der Waals surface area contributed by atoms with Crippen LogP contribution in [0.2, 0.25) is 0 Å². The maximum atomic E-state index is 5.61. The van der Waals surface area contributed by atoms with Gasteiger partial charge in [0.25, 0.3) is 0 Å². The van der Waals surface area contributed by atoms with E-state index in [4.69, 9.17) is 14.2 Å². The highest BCUT2D eigenvalue weighted by molar-refractivity contribution is 4.86. The van der Waals surface area contributed by atoms with Crippen LogP contribution in [-0.4, -0.2) is 45.8 Å². The van der Waals surface area contributed by atoms with E-state index in [1.165, 1.54) is 0 Å². The molecule has 1 aliphatic heterocycles. The Labute approximate surface area is 79.5 Å². The fourth-order valence-electron chi connectivity index (χ4n) is 1.83. The quantitative estimate of drug-likeness (QED) is 0.696. The summed E-state index contributed by atoms with van der Waals surface area (Å²) in [7, 11) is 5.30. The summed E-state index contributed by atoms with van der Waals surface area (Å²) >= 11 is 0. The minimum Gasteiger partial charge on any atom is -0.380 e. The summed E-state index contributed by atoms with van der Waals surface area (Å²) in [5, 5.41) is 3.19. The molecular formula is C9H19NO3. The number of nitrogens with one attached hydrogen (secondary N) is 1. The van der Waals surface area contributed by atoms with E-state index < -0.39 is 0 Å². The molecule has 1 rings (SSSR count). The van der Waals surface area contributed by atoms with Gasteiger partial charge < -0.3 is 19.5 Å². The van der Waals surface area contributed by atoms with Crippen LogP contribution in [0.25, 0.3) is 0 Å². The minimum atomic E-state index is -0.135. The Morgan fingerprint density at radius 3 is 2.46 bits per heavy atom. The largest absolute Gasteiger partial charge is 0.380 e. The van der Waals surface area contributed by atoms with Gasteiger partial charge in [0.05, 0.1) is 18.2 Å². The normalized spacial score (nSPS) is 40.6. The van der Waals surface area contributed by atoms with E-state index in [0.717, 1.165) is 6.42 Å². The molecule has 13 heavy (non-hydrogen) atoms. The third-order valence-electron chi connectivity index (χ3n) is 2.60. The summed E-state index contributed by atoms with van der Waals surface area (Å²) in [5.74, 6) is 0. The zero-order valence-electron chi connectivity index (χ0n) is 8.74. The molecule has 1 saturated heterocycles. The van der Waals surface area contributed by atoms with Crippen LogP contribution >= 0.6 is 0 Å². The molecule has 0 amide bonds. The van der Waals surface area contributed by atoms with E-state index in [2.05, 4.69) is 5.32 Å². The molecule has 1 unspecified atom stereocenters. The van der Waals surface area contributed by atoms with Crippen LogP contribution in [0.4, 0.5) is 0 Å². The van der Waals surface area contributed by atoms with Crippen LogP contribution < -0.4 is 5.32 Å². The van der Waals surface area contributed by atoms with E-state index in [1.807, 2.05) is 14.0 Å². The smallest absolute Gasteiger partial charge is 0.160 e. The molecule has 0 bridgehead atoms. The first-order valence-electron chi connectivity index (χ1n) is 4.61. The summed E-state index contributed by atoms with van der Waals surface area (Å²) in [5.41, 5.74) is 0. The molecule has 4 heteroatoms. The lowest BCUT2D eigenvalue weighted by Crippen LogP contribution is -2.54. The molecule has 1 heterocycles. The summed E-state index contributed by atoms with van der Waals surface area (Å²) in [6, 6.07) is 0.247. The highest BCUT2D eigenvalue weighted by Crippen LogP contribution is 2.22. The molecule has 4 nitrogen and oxygen atoms in total. The molecule has 0 aromatic carbocycles. The van der Waals surface area contributed by atoms with Crippen LogP contribution in [-0.2, 0) is 14.2 Å². The zero-order valence-corrected chi connectivity index (χ0v) is 8.74. The number of rotatable bonds is 3. The Bertz CT molecular complexity index is 154. The molecular weight excluding hydrogens is 170 g/mol. The van der Waals surface area contributed by atoms with Crippen molar-refractivity contribution in [2.75, 3.05) is 21.3 Å². The van der Waals surface area contributed by atoms with E-state index in [1.54, 1.807) is 14.2 Å². The SMILES string of the molecule is CN[C@@H]1[C@H](C)OC(OC)C[C@@H]1OC. The number of hydrogen-bond acceptors (Lipinski definition) is 4. The van der Waals surface area contributed by atoms with Gasteiger partial charge >= 0.3 is 0 Å². The Morgan fingerprint density at radius 1 is 1.31 bits per heavy atom. The maximum Gasteiger partial charge on any atom is 0.160 e. The van der Waals surface area contributed by atoms with Crippen molar-refractivity contribution in [1.29, 1.82) is 0 Å². The highest BCUT2D eigenvalue weighted by atomic mass is 16.7. The van der Waals surface area contributed by atoms with Gasteiger partial charge in [-0.2, -0.15) is 0 Å². The number of likely N-dealkylation sites (N-methyl/N-ethyl adjacent to an activating group) is 1. The molecule has 78 valence electrons. The molecule has 0 radical (unpaired) electrons. The summed E-state index contributed by atoms with van der Waals surface area (Å²) < 4.78 is 16.1. The van der Waals surface area contributed by atoms with Crippen LogP contribution in [0.15, 0.2) is 0 Å². The molecule has 0 aromatic rings. The predicted molar refractivity (Wildman–Crippen MR) is 49.6 cm³/mol. The van der Waals surface area contributed by atoms with Gasteiger partial charge in [-0.3, -0.25) is 0 Å². The molecule has 0 aromatic heterocycles. The highest BCUT2D eigenvalue weighted by Gasteiger charge is 2.35. The number of hydrogen-bond donors (Lipinski definition) is 1. The van der Waals surface area contributed by atoms with Crippen molar-refractivity contribution in [2.24, 2.45) is 0 Å². The molecule has 0 aliphatic carbocycles. The molecule has 0 saturated carbocycles. The van der Waals surface area contributed by atoms with Gasteiger partial charge in [0.15, 0.2) is 6.29 Å². The first kappa shape index (κ1) is 10.9. The standard InChI is InChI=1S/C9H19NO3/c1-6-9(10-2)7(11-3)5-8(12-4)13-6/h6-10H,5H2,1-4H3/t6-,7-,8?,9+/m0/s1. The Kier molecular flexibility index (Phi) is 4.12. The van der Waals surface area contributed by atoms with Crippen molar-refractivity contribution >= 4 is 0 Å². The molecule has 1 aliphatic rings. The lowest BCUT2D eigenvalue weighted by molar-refractivity contribution is -0.213. The zero-order chi connectivity index (χ0) is 9.84. The van der Waals surface area contributed by atoms with Crippen molar-refractivity contribution in [1.82, 2.24) is 5.32 Å². The minimum absolute atomic E-state index is 0.119. The van der Waals surface area contributed by atoms with Gasteiger partial charge in [-0.15, -0.1) is 0 Å². The van der Waals surface area contributed by atoms with Crippen LogP contribution in [0.3, 0.4) is 0 Å². The van der Waals surface area contributed by atoms with Gasteiger partial charge in [0, 0.05) is 20.6 Å². The fourth-order valence-corrected chi connectivity index (χ4v) is 1.83. The van der Waals surface area contributed by atoms with Gasteiger partial charge in [-0.25, -0.2) is 0 Å². The Hall–Kier alpha value is -0.160. The summed E-state index contributed by atoms with van der Waals surface area (Å²) in [4.78, 5) is 0. The van der Waals surface area contributed by atoms with E-state index >= 15 is 0 Å². The Morgan fingerprint density at radius 2 is 2.00 bits per heavy atom. The van der Waals surface area contributed by atoms with Crippen molar-refractivity contribution in [3.63, 3.8) is 0 Å².